The number of hydrogen-bond donors (Lipinski definition) is 0. The third-order valence-electron chi connectivity index (χ3n) is 7.31. The highest BCUT2D eigenvalue weighted by atomic mass is 28.3. The standard InChI is InChI=1S/C26H35FNSi/c1-8-20-17-24(18(5)19(6)25(20)27)26-23-13-12-22(29(9-2,10-3)11-4)16-21(23)14-15-28(26)7/h12-17H,8-11H2,1-7H3/q+1. The highest BCUT2D eigenvalue weighted by Gasteiger charge is 2.30. The molecule has 3 aromatic rings. The minimum absolute atomic E-state index is 0.0523. The lowest BCUT2D eigenvalue weighted by atomic mass is 9.93. The summed E-state index contributed by atoms with van der Waals surface area (Å²) < 4.78 is 16.9. The van der Waals surface area contributed by atoms with Crippen molar-refractivity contribution in [1.29, 1.82) is 0 Å². The molecule has 1 heterocycles. The Hall–Kier alpha value is -2.00. The summed E-state index contributed by atoms with van der Waals surface area (Å²) in [7, 11) is 0.673. The van der Waals surface area contributed by atoms with Crippen LogP contribution in [-0.4, -0.2) is 8.07 Å². The van der Waals surface area contributed by atoms with E-state index in [1.54, 1.807) is 5.19 Å². The van der Waals surface area contributed by atoms with Crippen LogP contribution in [0.1, 0.15) is 44.4 Å². The molecule has 1 aromatic heterocycles. The van der Waals surface area contributed by atoms with Gasteiger partial charge in [-0.1, -0.05) is 63.1 Å². The van der Waals surface area contributed by atoms with Crippen LogP contribution in [-0.2, 0) is 13.5 Å². The average molecular weight is 409 g/mol. The number of aromatic nitrogens is 1. The number of nitrogens with zero attached hydrogens (tertiary/aromatic N) is 1. The van der Waals surface area contributed by atoms with Gasteiger partial charge in [-0.2, -0.15) is 0 Å². The van der Waals surface area contributed by atoms with Gasteiger partial charge in [0.25, 0.3) is 0 Å². The van der Waals surface area contributed by atoms with Crippen LogP contribution >= 0.6 is 0 Å². The lowest BCUT2D eigenvalue weighted by Gasteiger charge is -2.29. The Morgan fingerprint density at radius 3 is 2.14 bits per heavy atom. The highest BCUT2D eigenvalue weighted by molar-refractivity contribution is 6.91. The van der Waals surface area contributed by atoms with E-state index in [1.165, 1.54) is 34.6 Å². The number of aryl methyl sites for hydroxylation is 2. The summed E-state index contributed by atoms with van der Waals surface area (Å²) in [5, 5.41) is 4.11. The second-order valence-corrected chi connectivity index (χ2v) is 13.7. The van der Waals surface area contributed by atoms with Gasteiger partial charge in [0.1, 0.15) is 12.9 Å². The molecule has 3 rings (SSSR count). The molecule has 0 spiro atoms. The molecule has 0 fully saturated rings. The van der Waals surface area contributed by atoms with E-state index >= 15 is 0 Å². The third kappa shape index (κ3) is 3.54. The van der Waals surface area contributed by atoms with Crippen molar-refractivity contribution in [3.8, 4) is 11.3 Å². The van der Waals surface area contributed by atoms with Gasteiger partial charge in [0.2, 0.25) is 5.69 Å². The predicted molar refractivity (Wildman–Crippen MR) is 126 cm³/mol. The summed E-state index contributed by atoms with van der Waals surface area (Å²) in [4.78, 5) is 0. The normalized spacial score (nSPS) is 12.0. The van der Waals surface area contributed by atoms with Gasteiger partial charge in [-0.3, -0.25) is 0 Å². The Kier molecular flexibility index (Phi) is 6.28. The molecular weight excluding hydrogens is 373 g/mol. The van der Waals surface area contributed by atoms with E-state index < -0.39 is 8.07 Å². The van der Waals surface area contributed by atoms with Crippen molar-refractivity contribution in [2.75, 3.05) is 0 Å². The Balaban J connectivity index is 2.31. The third-order valence-corrected chi connectivity index (χ3v) is 12.9. The largest absolute Gasteiger partial charge is 0.220 e. The zero-order valence-corrected chi connectivity index (χ0v) is 20.1. The average Bonchev–Trinajstić information content (AvgIpc) is 2.74. The van der Waals surface area contributed by atoms with E-state index in [4.69, 9.17) is 0 Å². The highest BCUT2D eigenvalue weighted by Crippen LogP contribution is 2.32. The number of rotatable bonds is 6. The van der Waals surface area contributed by atoms with Crippen LogP contribution in [0.25, 0.3) is 22.0 Å². The minimum atomic E-state index is -1.42. The van der Waals surface area contributed by atoms with E-state index in [2.05, 4.69) is 68.9 Å². The smallest absolute Gasteiger partial charge is 0.206 e. The number of benzene rings is 2. The molecule has 0 amide bonds. The fourth-order valence-electron chi connectivity index (χ4n) is 4.86. The molecule has 0 aliphatic carbocycles. The molecule has 0 unspecified atom stereocenters. The van der Waals surface area contributed by atoms with Gasteiger partial charge in [0, 0.05) is 6.07 Å². The minimum Gasteiger partial charge on any atom is -0.206 e. The molecule has 0 bridgehead atoms. The zero-order valence-electron chi connectivity index (χ0n) is 19.1. The van der Waals surface area contributed by atoms with Gasteiger partial charge in [0.15, 0.2) is 6.20 Å². The summed E-state index contributed by atoms with van der Waals surface area (Å²) in [5.41, 5.74) is 4.92. The monoisotopic (exact) mass is 408 g/mol. The zero-order chi connectivity index (χ0) is 21.3. The molecule has 29 heavy (non-hydrogen) atoms. The first-order valence-corrected chi connectivity index (χ1v) is 13.7. The molecule has 0 saturated carbocycles. The lowest BCUT2D eigenvalue weighted by molar-refractivity contribution is -0.659. The van der Waals surface area contributed by atoms with Crippen molar-refractivity contribution in [3.63, 3.8) is 0 Å². The van der Waals surface area contributed by atoms with E-state index in [0.717, 1.165) is 22.3 Å². The topological polar surface area (TPSA) is 3.88 Å². The van der Waals surface area contributed by atoms with Crippen LogP contribution in [0.4, 0.5) is 4.39 Å². The SMILES string of the molecule is CCc1cc(-c2c3ccc([Si](CC)(CC)CC)cc3cc[n+]2C)c(C)c(C)c1F. The van der Waals surface area contributed by atoms with Crippen molar-refractivity contribution >= 4 is 24.0 Å². The second kappa shape index (κ2) is 8.39. The van der Waals surface area contributed by atoms with Crippen molar-refractivity contribution < 1.29 is 8.96 Å². The molecule has 0 radical (unpaired) electrons. The van der Waals surface area contributed by atoms with Gasteiger partial charge in [-0.25, -0.2) is 8.96 Å². The molecule has 3 heteroatoms. The van der Waals surface area contributed by atoms with Gasteiger partial charge in [0.05, 0.1) is 19.0 Å². The van der Waals surface area contributed by atoms with Crippen LogP contribution in [0.2, 0.25) is 18.1 Å². The molecule has 0 aliphatic heterocycles. The first-order valence-electron chi connectivity index (χ1n) is 11.0. The Morgan fingerprint density at radius 2 is 1.55 bits per heavy atom. The van der Waals surface area contributed by atoms with Crippen molar-refractivity contribution in [2.24, 2.45) is 7.05 Å². The molecule has 0 N–H and O–H groups in total. The first kappa shape index (κ1) is 21.7. The Labute approximate surface area is 176 Å². The van der Waals surface area contributed by atoms with Gasteiger partial charge in [-0.05, 0) is 54.5 Å². The van der Waals surface area contributed by atoms with Crippen LogP contribution in [0.3, 0.4) is 0 Å². The maximum Gasteiger partial charge on any atom is 0.220 e. The predicted octanol–water partition coefficient (Wildman–Crippen LogP) is 6.37. The van der Waals surface area contributed by atoms with Crippen molar-refractivity contribution in [2.45, 2.75) is 66.1 Å². The van der Waals surface area contributed by atoms with E-state index in [-0.39, 0.29) is 5.82 Å². The maximum atomic E-state index is 14.7. The molecule has 0 saturated heterocycles. The molecular formula is C26H35FNSi+. The summed E-state index contributed by atoms with van der Waals surface area (Å²) in [6, 6.07) is 15.3. The number of pyridine rings is 1. The number of hydrogen-bond acceptors (Lipinski definition) is 0. The fourth-order valence-corrected chi connectivity index (χ4v) is 8.48. The van der Waals surface area contributed by atoms with E-state index in [9.17, 15) is 4.39 Å². The summed E-state index contributed by atoms with van der Waals surface area (Å²) >= 11 is 0. The van der Waals surface area contributed by atoms with Crippen molar-refractivity contribution in [1.82, 2.24) is 0 Å². The quantitative estimate of drug-likeness (QED) is 0.330. The number of fused-ring (bicyclic) bond motifs is 1. The fraction of sp³-hybridized carbons (Fsp3) is 0.423. The summed E-state index contributed by atoms with van der Waals surface area (Å²) in [6.45, 7) is 13.0. The second-order valence-electron chi connectivity index (χ2n) is 8.42. The maximum absolute atomic E-state index is 14.7. The Morgan fingerprint density at radius 1 is 0.897 bits per heavy atom. The molecule has 154 valence electrons. The van der Waals surface area contributed by atoms with E-state index in [1.807, 2.05) is 20.8 Å². The van der Waals surface area contributed by atoms with Gasteiger partial charge in [-0.15, -0.1) is 0 Å². The summed E-state index contributed by atoms with van der Waals surface area (Å²) in [5.74, 6) is -0.0523. The molecule has 0 aliphatic rings. The van der Waals surface area contributed by atoms with E-state index in [0.29, 0.717) is 6.42 Å². The lowest BCUT2D eigenvalue weighted by Crippen LogP contribution is -2.45. The van der Waals surface area contributed by atoms with Crippen LogP contribution < -0.4 is 9.75 Å². The molecule has 1 nitrogen and oxygen atoms in total. The van der Waals surface area contributed by atoms with Gasteiger partial charge >= 0.3 is 0 Å². The van der Waals surface area contributed by atoms with Crippen LogP contribution in [0, 0.1) is 19.7 Å². The summed E-state index contributed by atoms with van der Waals surface area (Å²) in [6.07, 6.45) is 2.86. The number of halogens is 1. The van der Waals surface area contributed by atoms with Crippen LogP contribution in [0.5, 0.6) is 0 Å². The molecule has 0 atom stereocenters. The van der Waals surface area contributed by atoms with Crippen LogP contribution in [0.15, 0.2) is 36.5 Å². The molecule has 2 aromatic carbocycles. The van der Waals surface area contributed by atoms with Gasteiger partial charge < -0.3 is 0 Å². The van der Waals surface area contributed by atoms with Crippen molar-refractivity contribution in [3.05, 3.63) is 59.0 Å². The first-order chi connectivity index (χ1) is 13.8. The Bertz CT molecular complexity index is 1040.